The minimum absolute atomic E-state index is 0.222. The number of carbonyl (C=O) groups excluding carboxylic acids is 1. The molecule has 1 nitrogen and oxygen atoms in total. The maximum absolute atomic E-state index is 12.6. The van der Waals surface area contributed by atoms with Crippen LogP contribution >= 0.6 is 23.2 Å². The van der Waals surface area contributed by atoms with Crippen molar-refractivity contribution in [2.75, 3.05) is 0 Å². The number of carbonyl (C=O) groups is 1. The number of hydrogen-bond acceptors (Lipinski definition) is 1. The van der Waals surface area contributed by atoms with Crippen LogP contribution in [0.15, 0.2) is 24.1 Å². The molecule has 0 aromatic rings. The molecule has 1 rings (SSSR count). The van der Waals surface area contributed by atoms with Gasteiger partial charge in [0.25, 0.3) is 5.13 Å². The summed E-state index contributed by atoms with van der Waals surface area (Å²) in [7, 11) is 0. The van der Waals surface area contributed by atoms with Crippen LogP contribution in [-0.4, -0.2) is 17.0 Å². The zero-order valence-corrected chi connectivity index (χ0v) is 7.70. The molecule has 0 bridgehead atoms. The van der Waals surface area contributed by atoms with E-state index in [1.165, 1.54) is 0 Å². The lowest BCUT2D eigenvalue weighted by Gasteiger charge is -2.19. The first-order valence-electron chi connectivity index (χ1n) is 3.07. The highest BCUT2D eigenvalue weighted by Gasteiger charge is 2.42. The Kier molecular flexibility index (Phi) is 5.10. The molecule has 0 fully saturated rings. The van der Waals surface area contributed by atoms with Crippen LogP contribution in [0.5, 0.6) is 0 Å². The Morgan fingerprint density at radius 3 is 2.38 bits per heavy atom. The van der Waals surface area contributed by atoms with Crippen LogP contribution in [0.2, 0.25) is 0 Å². The lowest BCUT2D eigenvalue weighted by Crippen LogP contribution is -2.29. The largest absolute Gasteiger partial charge is 0.285 e. The molecule has 6 heteroatoms. The highest BCUT2D eigenvalue weighted by molar-refractivity contribution is 6.54. The van der Waals surface area contributed by atoms with E-state index in [2.05, 4.69) is 11.6 Å². The van der Waals surface area contributed by atoms with Crippen LogP contribution < -0.4 is 0 Å². The van der Waals surface area contributed by atoms with Gasteiger partial charge in [0.2, 0.25) is 5.75 Å². The van der Waals surface area contributed by atoms with Gasteiger partial charge in [0.15, 0.2) is 12.0 Å². The molecule has 0 aliphatic heterocycles. The minimum atomic E-state index is -2.99. The van der Waals surface area contributed by atoms with Crippen molar-refractivity contribution in [3.05, 3.63) is 24.1 Å². The number of allylic oxidation sites excluding steroid dienone is 4. The van der Waals surface area contributed by atoms with Crippen LogP contribution in [0.25, 0.3) is 0 Å². The SMILES string of the molecule is FC1=CC=CC(F)C1(F)Cl.O=CCl. The Balaban J connectivity index is 0.000000424. The van der Waals surface area contributed by atoms with E-state index in [1.807, 2.05) is 0 Å². The van der Waals surface area contributed by atoms with Crippen molar-refractivity contribution in [3.63, 3.8) is 0 Å². The van der Waals surface area contributed by atoms with Gasteiger partial charge < -0.3 is 0 Å². The van der Waals surface area contributed by atoms with Gasteiger partial charge in [-0.25, -0.2) is 13.2 Å². The summed E-state index contributed by atoms with van der Waals surface area (Å²) >= 11 is 9.15. The summed E-state index contributed by atoms with van der Waals surface area (Å²) in [6.07, 6.45) is 0.637. The normalized spacial score (nSPS) is 31.5. The Morgan fingerprint density at radius 2 is 2.08 bits per heavy atom. The molecule has 1 aliphatic rings. The van der Waals surface area contributed by atoms with Gasteiger partial charge in [-0.15, -0.1) is 0 Å². The van der Waals surface area contributed by atoms with Gasteiger partial charge in [0.05, 0.1) is 0 Å². The van der Waals surface area contributed by atoms with E-state index in [4.69, 9.17) is 16.4 Å². The average Bonchev–Trinajstić information content (AvgIpc) is 2.03. The molecular formula is C7H5Cl2F3O. The van der Waals surface area contributed by atoms with Crippen LogP contribution in [-0.2, 0) is 4.79 Å². The third kappa shape index (κ3) is 3.40. The third-order valence-corrected chi connectivity index (χ3v) is 1.58. The fraction of sp³-hybridized carbons (Fsp3) is 0.286. The summed E-state index contributed by atoms with van der Waals surface area (Å²) < 4.78 is 37.2. The second-order valence-corrected chi connectivity index (χ2v) is 2.74. The molecule has 0 amide bonds. The zero-order valence-electron chi connectivity index (χ0n) is 6.18. The highest BCUT2D eigenvalue weighted by atomic mass is 35.5. The maximum Gasteiger partial charge on any atom is 0.269 e. The lowest BCUT2D eigenvalue weighted by molar-refractivity contribution is 0.167. The number of rotatable bonds is 0. The molecule has 13 heavy (non-hydrogen) atoms. The summed E-state index contributed by atoms with van der Waals surface area (Å²) in [5.74, 6) is -1.07. The summed E-state index contributed by atoms with van der Waals surface area (Å²) in [6, 6.07) is 0. The monoisotopic (exact) mass is 232 g/mol. The molecule has 0 radical (unpaired) electrons. The van der Waals surface area contributed by atoms with Crippen molar-refractivity contribution >= 4 is 28.9 Å². The predicted octanol–water partition coefficient (Wildman–Crippen LogP) is 3.07. The third-order valence-electron chi connectivity index (χ3n) is 1.19. The van der Waals surface area contributed by atoms with Gasteiger partial charge in [0.1, 0.15) is 0 Å². The first-order chi connectivity index (χ1) is 5.96. The van der Waals surface area contributed by atoms with E-state index in [0.29, 0.717) is 0 Å². The molecule has 74 valence electrons. The Labute approximate surface area is 82.8 Å². The molecule has 0 saturated heterocycles. The smallest absolute Gasteiger partial charge is 0.269 e. The van der Waals surface area contributed by atoms with Gasteiger partial charge in [-0.2, -0.15) is 0 Å². The highest BCUT2D eigenvalue weighted by Crippen LogP contribution is 2.36. The van der Waals surface area contributed by atoms with Crippen LogP contribution in [0.4, 0.5) is 13.2 Å². The van der Waals surface area contributed by atoms with Crippen molar-refractivity contribution in [2.24, 2.45) is 0 Å². The van der Waals surface area contributed by atoms with Gasteiger partial charge in [-0.3, -0.25) is 4.79 Å². The fourth-order valence-corrected chi connectivity index (χ4v) is 0.737. The minimum Gasteiger partial charge on any atom is -0.285 e. The number of hydrogen-bond donors (Lipinski definition) is 0. The van der Waals surface area contributed by atoms with E-state index < -0.39 is 17.1 Å². The van der Waals surface area contributed by atoms with E-state index in [9.17, 15) is 13.2 Å². The standard InChI is InChI=1S/C6H4ClF3.CHClO/c7-6(10)4(8)2-1-3-5(6)9;2-1-3/h1-4H;1H. The zero-order chi connectivity index (χ0) is 10.5. The quantitative estimate of drug-likeness (QED) is 0.357. The average molecular weight is 233 g/mol. The molecular weight excluding hydrogens is 228 g/mol. The predicted molar refractivity (Wildman–Crippen MR) is 45.5 cm³/mol. The Morgan fingerprint density at radius 1 is 1.62 bits per heavy atom. The fourth-order valence-electron chi connectivity index (χ4n) is 0.601. The molecule has 0 heterocycles. The van der Waals surface area contributed by atoms with Gasteiger partial charge in [0, 0.05) is 0 Å². The molecule has 2 unspecified atom stereocenters. The van der Waals surface area contributed by atoms with E-state index in [0.717, 1.165) is 18.2 Å². The molecule has 0 aromatic heterocycles. The summed E-state index contributed by atoms with van der Waals surface area (Å²) in [6.45, 7) is 0. The first-order valence-corrected chi connectivity index (χ1v) is 3.88. The van der Waals surface area contributed by atoms with Gasteiger partial charge >= 0.3 is 0 Å². The molecule has 1 aliphatic carbocycles. The van der Waals surface area contributed by atoms with Crippen molar-refractivity contribution in [1.82, 2.24) is 0 Å². The van der Waals surface area contributed by atoms with Crippen LogP contribution in [0.3, 0.4) is 0 Å². The molecule has 0 aromatic carbocycles. The van der Waals surface area contributed by atoms with Crippen molar-refractivity contribution < 1.29 is 18.0 Å². The van der Waals surface area contributed by atoms with Gasteiger partial charge in [-0.05, 0) is 23.8 Å². The summed E-state index contributed by atoms with van der Waals surface area (Å²) in [4.78, 5) is 8.57. The molecule has 2 atom stereocenters. The maximum atomic E-state index is 12.6. The van der Waals surface area contributed by atoms with E-state index in [-0.39, 0.29) is 5.75 Å². The van der Waals surface area contributed by atoms with Gasteiger partial charge in [-0.1, -0.05) is 17.7 Å². The molecule has 0 saturated carbocycles. The van der Waals surface area contributed by atoms with Crippen molar-refractivity contribution in [3.8, 4) is 0 Å². The van der Waals surface area contributed by atoms with Crippen molar-refractivity contribution in [1.29, 1.82) is 0 Å². The van der Waals surface area contributed by atoms with Crippen LogP contribution in [0.1, 0.15) is 0 Å². The van der Waals surface area contributed by atoms with Crippen LogP contribution in [0, 0.1) is 0 Å². The topological polar surface area (TPSA) is 17.1 Å². The second kappa shape index (κ2) is 5.29. The Hall–Kier alpha value is -0.480. The van der Waals surface area contributed by atoms with E-state index >= 15 is 0 Å². The van der Waals surface area contributed by atoms with Crippen molar-refractivity contribution in [2.45, 2.75) is 11.3 Å². The van der Waals surface area contributed by atoms with E-state index in [1.54, 1.807) is 0 Å². The molecule has 0 N–H and O–H groups in total. The lowest BCUT2D eigenvalue weighted by atomic mass is 10.1. The first kappa shape index (κ1) is 12.5. The molecule has 0 spiro atoms. The summed E-state index contributed by atoms with van der Waals surface area (Å²) in [5.41, 5.74) is 0. The Bertz CT molecular complexity index is 238. The second-order valence-electron chi connectivity index (χ2n) is 2.01. The number of halogens is 5. The number of alkyl halides is 3. The summed E-state index contributed by atoms with van der Waals surface area (Å²) in [5, 5.41) is -2.99.